The molecule has 0 aliphatic carbocycles. The predicted molar refractivity (Wildman–Crippen MR) is 71.6 cm³/mol. The third kappa shape index (κ3) is 2.51. The summed E-state index contributed by atoms with van der Waals surface area (Å²) in [5.41, 5.74) is 7.91. The van der Waals surface area contributed by atoms with Gasteiger partial charge < -0.3 is 10.6 Å². The van der Waals surface area contributed by atoms with Gasteiger partial charge in [0.15, 0.2) is 0 Å². The first kappa shape index (κ1) is 11.9. The van der Waals surface area contributed by atoms with Crippen LogP contribution >= 0.6 is 0 Å². The highest BCUT2D eigenvalue weighted by Gasteiger charge is 2.26. The summed E-state index contributed by atoms with van der Waals surface area (Å²) in [7, 11) is 0. The molecule has 2 heterocycles. The number of carbonyl (C=O) groups excluding carboxylic acids is 1. The molecule has 1 atom stereocenters. The zero-order chi connectivity index (χ0) is 13.2. The van der Waals surface area contributed by atoms with E-state index in [1.165, 1.54) is 0 Å². The molecule has 19 heavy (non-hydrogen) atoms. The molecule has 98 valence electrons. The van der Waals surface area contributed by atoms with Crippen molar-refractivity contribution >= 4 is 5.91 Å². The van der Waals surface area contributed by atoms with Crippen molar-refractivity contribution in [2.24, 2.45) is 5.73 Å². The van der Waals surface area contributed by atoms with E-state index in [0.29, 0.717) is 19.5 Å². The number of amides is 1. The smallest absolute Gasteiger partial charge is 0.224 e. The molecule has 0 spiro atoms. The summed E-state index contributed by atoms with van der Waals surface area (Å²) in [6.07, 6.45) is 4.11. The largest absolute Gasteiger partial charge is 0.337 e. The minimum absolute atomic E-state index is 0.0177. The Kier molecular flexibility index (Phi) is 3.05. The highest BCUT2D eigenvalue weighted by Crippen LogP contribution is 2.15. The molecule has 1 aromatic heterocycles. The molecule has 2 N–H and O–H groups in total. The van der Waals surface area contributed by atoms with Gasteiger partial charge in [0.1, 0.15) is 0 Å². The number of rotatable bonds is 3. The SMILES string of the molecule is NC1CC(=O)N(Cc2ccc(-n3cccn3)cc2)C1. The summed E-state index contributed by atoms with van der Waals surface area (Å²) in [5.74, 6) is 0.142. The standard InChI is InChI=1S/C14H16N4O/c15-12-8-14(19)17(10-12)9-11-2-4-13(5-3-11)18-7-1-6-16-18/h1-7,12H,8-10,15H2. The van der Waals surface area contributed by atoms with Gasteiger partial charge in [-0.1, -0.05) is 12.1 Å². The van der Waals surface area contributed by atoms with Crippen molar-refractivity contribution in [2.75, 3.05) is 6.54 Å². The lowest BCUT2D eigenvalue weighted by atomic mass is 10.2. The van der Waals surface area contributed by atoms with Gasteiger partial charge in [-0.15, -0.1) is 0 Å². The Morgan fingerprint density at radius 2 is 2.11 bits per heavy atom. The van der Waals surface area contributed by atoms with Gasteiger partial charge in [-0.2, -0.15) is 5.10 Å². The summed E-state index contributed by atoms with van der Waals surface area (Å²) in [4.78, 5) is 13.5. The number of nitrogens with zero attached hydrogens (tertiary/aromatic N) is 3. The summed E-state index contributed by atoms with van der Waals surface area (Å²) in [6.45, 7) is 1.28. The van der Waals surface area contributed by atoms with Crippen molar-refractivity contribution in [2.45, 2.75) is 19.0 Å². The molecule has 1 aliphatic rings. The monoisotopic (exact) mass is 256 g/mol. The van der Waals surface area contributed by atoms with Gasteiger partial charge in [-0.3, -0.25) is 4.79 Å². The van der Waals surface area contributed by atoms with Gasteiger partial charge in [0.2, 0.25) is 5.91 Å². The first-order chi connectivity index (χ1) is 9.22. The maximum Gasteiger partial charge on any atom is 0.224 e. The minimum Gasteiger partial charge on any atom is -0.337 e. The number of aromatic nitrogens is 2. The fourth-order valence-corrected chi connectivity index (χ4v) is 2.35. The normalized spacial score (nSPS) is 19.1. The number of likely N-dealkylation sites (tertiary alicyclic amines) is 1. The predicted octanol–water partition coefficient (Wildman–Crippen LogP) is 0.932. The van der Waals surface area contributed by atoms with Gasteiger partial charge in [-0.05, 0) is 23.8 Å². The molecular weight excluding hydrogens is 240 g/mol. The Morgan fingerprint density at radius 1 is 1.32 bits per heavy atom. The van der Waals surface area contributed by atoms with Crippen LogP contribution in [0.15, 0.2) is 42.7 Å². The van der Waals surface area contributed by atoms with Crippen molar-refractivity contribution in [1.82, 2.24) is 14.7 Å². The Bertz CT molecular complexity index is 562. The van der Waals surface area contributed by atoms with Crippen LogP contribution in [-0.2, 0) is 11.3 Å². The lowest BCUT2D eigenvalue weighted by molar-refractivity contribution is -0.128. The molecule has 1 unspecified atom stereocenters. The van der Waals surface area contributed by atoms with Gasteiger partial charge in [0, 0.05) is 37.9 Å². The third-order valence-electron chi connectivity index (χ3n) is 3.32. The first-order valence-electron chi connectivity index (χ1n) is 6.35. The number of carbonyl (C=O) groups is 1. The number of hydrogen-bond donors (Lipinski definition) is 1. The van der Waals surface area contributed by atoms with Crippen molar-refractivity contribution in [1.29, 1.82) is 0 Å². The number of hydrogen-bond acceptors (Lipinski definition) is 3. The number of nitrogens with two attached hydrogens (primary N) is 1. The Morgan fingerprint density at radius 3 is 2.68 bits per heavy atom. The van der Waals surface area contributed by atoms with Crippen LogP contribution in [0, 0.1) is 0 Å². The lowest BCUT2D eigenvalue weighted by Crippen LogP contribution is -2.27. The second-order valence-corrected chi connectivity index (χ2v) is 4.86. The van der Waals surface area contributed by atoms with E-state index in [0.717, 1.165) is 11.3 Å². The van der Waals surface area contributed by atoms with E-state index in [1.807, 2.05) is 41.4 Å². The quantitative estimate of drug-likeness (QED) is 0.888. The molecule has 1 aromatic carbocycles. The molecule has 1 amide bonds. The first-order valence-corrected chi connectivity index (χ1v) is 6.35. The molecule has 0 radical (unpaired) electrons. The molecule has 5 heteroatoms. The molecule has 5 nitrogen and oxygen atoms in total. The van der Waals surface area contributed by atoms with Gasteiger partial charge >= 0.3 is 0 Å². The maximum absolute atomic E-state index is 11.7. The van der Waals surface area contributed by atoms with E-state index in [1.54, 1.807) is 10.9 Å². The maximum atomic E-state index is 11.7. The Hall–Kier alpha value is -2.14. The van der Waals surface area contributed by atoms with Crippen molar-refractivity contribution in [3.8, 4) is 5.69 Å². The minimum atomic E-state index is -0.0177. The summed E-state index contributed by atoms with van der Waals surface area (Å²) in [5, 5.41) is 4.18. The van der Waals surface area contributed by atoms with Crippen LogP contribution < -0.4 is 5.73 Å². The van der Waals surface area contributed by atoms with Gasteiger partial charge in [-0.25, -0.2) is 4.68 Å². The van der Waals surface area contributed by atoms with Crippen molar-refractivity contribution in [3.05, 3.63) is 48.3 Å². The topological polar surface area (TPSA) is 64.2 Å². The molecular formula is C14H16N4O. The second kappa shape index (κ2) is 4.85. The van der Waals surface area contributed by atoms with Crippen LogP contribution in [0.5, 0.6) is 0 Å². The molecule has 0 bridgehead atoms. The lowest BCUT2D eigenvalue weighted by Gasteiger charge is -2.16. The zero-order valence-corrected chi connectivity index (χ0v) is 10.6. The molecule has 1 saturated heterocycles. The molecule has 2 aromatic rings. The van der Waals surface area contributed by atoms with Crippen molar-refractivity contribution < 1.29 is 4.79 Å². The molecule has 0 saturated carbocycles. The highest BCUT2D eigenvalue weighted by molar-refractivity contribution is 5.79. The molecule has 1 fully saturated rings. The zero-order valence-electron chi connectivity index (χ0n) is 10.6. The summed E-state index contributed by atoms with van der Waals surface area (Å²) < 4.78 is 1.81. The average molecular weight is 256 g/mol. The second-order valence-electron chi connectivity index (χ2n) is 4.86. The van der Waals surface area contributed by atoms with Crippen LogP contribution in [0.3, 0.4) is 0 Å². The fraction of sp³-hybridized carbons (Fsp3) is 0.286. The van der Waals surface area contributed by atoms with Crippen molar-refractivity contribution in [3.63, 3.8) is 0 Å². The van der Waals surface area contributed by atoms with Crippen LogP contribution in [-0.4, -0.2) is 33.2 Å². The summed E-state index contributed by atoms with van der Waals surface area (Å²) >= 11 is 0. The Balaban J connectivity index is 1.71. The average Bonchev–Trinajstić information content (AvgIpc) is 3.01. The van der Waals surface area contributed by atoms with E-state index in [4.69, 9.17) is 5.73 Å². The van der Waals surface area contributed by atoms with Gasteiger partial charge in [0.25, 0.3) is 0 Å². The number of benzene rings is 1. The molecule has 3 rings (SSSR count). The third-order valence-corrected chi connectivity index (χ3v) is 3.32. The fourth-order valence-electron chi connectivity index (χ4n) is 2.35. The van der Waals surface area contributed by atoms with Crippen LogP contribution in [0.2, 0.25) is 0 Å². The molecule has 1 aliphatic heterocycles. The van der Waals surface area contributed by atoms with E-state index in [2.05, 4.69) is 5.10 Å². The van der Waals surface area contributed by atoms with E-state index in [9.17, 15) is 4.79 Å². The highest BCUT2D eigenvalue weighted by atomic mass is 16.2. The summed E-state index contributed by atoms with van der Waals surface area (Å²) in [6, 6.07) is 9.92. The van der Waals surface area contributed by atoms with E-state index < -0.39 is 0 Å². The van der Waals surface area contributed by atoms with Gasteiger partial charge in [0.05, 0.1) is 5.69 Å². The van der Waals surface area contributed by atoms with E-state index >= 15 is 0 Å². The Labute approximate surface area is 111 Å². The van der Waals surface area contributed by atoms with E-state index in [-0.39, 0.29) is 11.9 Å². The van der Waals surface area contributed by atoms with Crippen LogP contribution in [0.25, 0.3) is 5.69 Å². The van der Waals surface area contributed by atoms with Crippen LogP contribution in [0.1, 0.15) is 12.0 Å². The van der Waals surface area contributed by atoms with Crippen LogP contribution in [0.4, 0.5) is 0 Å².